The van der Waals surface area contributed by atoms with E-state index in [9.17, 15) is 18.0 Å². The van der Waals surface area contributed by atoms with E-state index in [4.69, 9.17) is 9.47 Å². The summed E-state index contributed by atoms with van der Waals surface area (Å²) >= 11 is 0. The standard InChI is InChI=1S/C21H24N2O6S/c1-21(2)13-30(26,27)23(20(21)25)16-8-6-15(7-9-16)19(24)22-12-14-5-10-17(28-3)18(11-14)29-4/h5-11H,12-13H2,1-4H3,(H,22,24). The molecule has 0 unspecified atom stereocenters. The summed E-state index contributed by atoms with van der Waals surface area (Å²) in [5.41, 5.74) is 0.423. The van der Waals surface area contributed by atoms with Crippen molar-refractivity contribution in [3.05, 3.63) is 53.6 Å². The highest BCUT2D eigenvalue weighted by molar-refractivity contribution is 7.94. The molecule has 1 heterocycles. The van der Waals surface area contributed by atoms with E-state index in [1.807, 2.05) is 6.07 Å². The van der Waals surface area contributed by atoms with Crippen molar-refractivity contribution in [1.29, 1.82) is 0 Å². The number of hydrogen-bond donors (Lipinski definition) is 1. The molecular weight excluding hydrogens is 408 g/mol. The second kappa shape index (κ2) is 7.98. The number of anilines is 1. The molecule has 0 radical (unpaired) electrons. The van der Waals surface area contributed by atoms with Crippen LogP contribution >= 0.6 is 0 Å². The van der Waals surface area contributed by atoms with Crippen LogP contribution in [0.1, 0.15) is 29.8 Å². The monoisotopic (exact) mass is 432 g/mol. The zero-order chi connectivity index (χ0) is 22.1. The third-order valence-electron chi connectivity index (χ3n) is 4.85. The molecular formula is C21H24N2O6S. The zero-order valence-corrected chi connectivity index (χ0v) is 18.1. The summed E-state index contributed by atoms with van der Waals surface area (Å²) in [5.74, 6) is 0.109. The zero-order valence-electron chi connectivity index (χ0n) is 17.3. The van der Waals surface area contributed by atoms with Crippen LogP contribution in [0, 0.1) is 5.41 Å². The topological polar surface area (TPSA) is 102 Å². The molecule has 0 bridgehead atoms. The third-order valence-corrected chi connectivity index (χ3v) is 6.87. The second-order valence-corrected chi connectivity index (χ2v) is 9.45. The molecule has 1 fully saturated rings. The van der Waals surface area contributed by atoms with E-state index in [1.165, 1.54) is 31.4 Å². The number of methoxy groups -OCH3 is 2. The number of carbonyl (C=O) groups excluding carboxylic acids is 2. The number of rotatable bonds is 6. The Labute approximate surface area is 175 Å². The lowest BCUT2D eigenvalue weighted by Gasteiger charge is -2.17. The van der Waals surface area contributed by atoms with E-state index in [0.29, 0.717) is 17.1 Å². The van der Waals surface area contributed by atoms with Crippen LogP contribution in [0.15, 0.2) is 42.5 Å². The van der Waals surface area contributed by atoms with Gasteiger partial charge in [-0.15, -0.1) is 0 Å². The van der Waals surface area contributed by atoms with Crippen LogP contribution in [0.25, 0.3) is 0 Å². The Bertz CT molecular complexity index is 1080. The molecule has 1 aliphatic rings. The van der Waals surface area contributed by atoms with Crippen molar-refractivity contribution < 1.29 is 27.5 Å². The Hall–Kier alpha value is -3.07. The molecule has 0 aliphatic carbocycles. The first-order valence-electron chi connectivity index (χ1n) is 9.25. The molecule has 1 saturated heterocycles. The van der Waals surface area contributed by atoms with Crippen LogP contribution in [-0.4, -0.2) is 40.2 Å². The Kier molecular flexibility index (Phi) is 5.76. The maximum absolute atomic E-state index is 12.5. The molecule has 0 saturated carbocycles. The van der Waals surface area contributed by atoms with Crippen LogP contribution in [0.4, 0.5) is 5.69 Å². The van der Waals surface area contributed by atoms with Gasteiger partial charge in [-0.1, -0.05) is 6.07 Å². The first kappa shape index (κ1) is 21.6. The number of nitrogens with zero attached hydrogens (tertiary/aromatic N) is 1. The van der Waals surface area contributed by atoms with E-state index in [1.54, 1.807) is 33.1 Å². The summed E-state index contributed by atoms with van der Waals surface area (Å²) in [6.07, 6.45) is 0. The van der Waals surface area contributed by atoms with E-state index >= 15 is 0 Å². The average Bonchev–Trinajstić information content (AvgIpc) is 2.88. The second-order valence-electron chi connectivity index (χ2n) is 7.63. The molecule has 0 spiro atoms. The van der Waals surface area contributed by atoms with Crippen molar-refractivity contribution in [2.24, 2.45) is 5.41 Å². The van der Waals surface area contributed by atoms with Crippen molar-refractivity contribution in [3.8, 4) is 11.5 Å². The summed E-state index contributed by atoms with van der Waals surface area (Å²) in [5, 5.41) is 2.80. The maximum Gasteiger partial charge on any atom is 0.251 e. The van der Waals surface area contributed by atoms with Gasteiger partial charge in [-0.05, 0) is 55.8 Å². The molecule has 2 aromatic carbocycles. The van der Waals surface area contributed by atoms with Crippen LogP contribution in [-0.2, 0) is 21.4 Å². The number of hydrogen-bond acceptors (Lipinski definition) is 6. The molecule has 0 atom stereocenters. The largest absolute Gasteiger partial charge is 0.493 e. The molecule has 8 nitrogen and oxygen atoms in total. The highest BCUT2D eigenvalue weighted by atomic mass is 32.2. The number of benzene rings is 2. The minimum absolute atomic E-state index is 0.224. The highest BCUT2D eigenvalue weighted by Gasteiger charge is 2.49. The van der Waals surface area contributed by atoms with E-state index in [0.717, 1.165) is 9.87 Å². The Balaban J connectivity index is 1.71. The van der Waals surface area contributed by atoms with Gasteiger partial charge in [-0.25, -0.2) is 12.7 Å². The van der Waals surface area contributed by atoms with Crippen molar-refractivity contribution in [1.82, 2.24) is 5.32 Å². The van der Waals surface area contributed by atoms with Gasteiger partial charge in [0.1, 0.15) is 0 Å². The van der Waals surface area contributed by atoms with Crippen molar-refractivity contribution in [2.75, 3.05) is 24.3 Å². The molecule has 0 aromatic heterocycles. The lowest BCUT2D eigenvalue weighted by molar-refractivity contribution is -0.123. The first-order chi connectivity index (χ1) is 14.1. The summed E-state index contributed by atoms with van der Waals surface area (Å²) in [6.45, 7) is 3.47. The smallest absolute Gasteiger partial charge is 0.251 e. The minimum atomic E-state index is -3.73. The average molecular weight is 432 g/mol. The summed E-state index contributed by atoms with van der Waals surface area (Å²) in [7, 11) is -0.645. The van der Waals surface area contributed by atoms with Gasteiger partial charge < -0.3 is 14.8 Å². The normalized spacial score (nSPS) is 16.9. The van der Waals surface area contributed by atoms with Gasteiger partial charge in [-0.2, -0.15) is 0 Å². The molecule has 2 amide bonds. The molecule has 2 aromatic rings. The van der Waals surface area contributed by atoms with Crippen LogP contribution in [0.3, 0.4) is 0 Å². The summed E-state index contributed by atoms with van der Waals surface area (Å²) < 4.78 is 36.0. The van der Waals surface area contributed by atoms with Gasteiger partial charge >= 0.3 is 0 Å². The van der Waals surface area contributed by atoms with Crippen molar-refractivity contribution >= 4 is 27.5 Å². The first-order valence-corrected chi connectivity index (χ1v) is 10.9. The quantitative estimate of drug-likeness (QED) is 0.752. The van der Waals surface area contributed by atoms with Gasteiger partial charge in [0, 0.05) is 12.1 Å². The Morgan fingerprint density at radius 2 is 1.70 bits per heavy atom. The summed E-state index contributed by atoms with van der Waals surface area (Å²) in [4.78, 5) is 24.9. The molecule has 160 valence electrons. The predicted octanol–water partition coefficient (Wildman–Crippen LogP) is 2.34. The fourth-order valence-corrected chi connectivity index (χ4v) is 5.39. The van der Waals surface area contributed by atoms with Crippen molar-refractivity contribution in [2.45, 2.75) is 20.4 Å². The van der Waals surface area contributed by atoms with Gasteiger partial charge in [-0.3, -0.25) is 9.59 Å². The SMILES string of the molecule is COc1ccc(CNC(=O)c2ccc(N3C(=O)C(C)(C)CS3(=O)=O)cc2)cc1OC. The highest BCUT2D eigenvalue weighted by Crippen LogP contribution is 2.35. The molecule has 3 rings (SSSR count). The van der Waals surface area contributed by atoms with Crippen LogP contribution < -0.4 is 19.1 Å². The van der Waals surface area contributed by atoms with Gasteiger partial charge in [0.2, 0.25) is 15.9 Å². The third kappa shape index (κ3) is 4.11. The maximum atomic E-state index is 12.5. The molecule has 9 heteroatoms. The lowest BCUT2D eigenvalue weighted by atomic mass is 9.95. The minimum Gasteiger partial charge on any atom is -0.493 e. The van der Waals surface area contributed by atoms with E-state index in [-0.39, 0.29) is 23.9 Å². The fourth-order valence-electron chi connectivity index (χ4n) is 3.28. The summed E-state index contributed by atoms with van der Waals surface area (Å²) in [6, 6.07) is 11.2. The number of carbonyl (C=O) groups is 2. The van der Waals surface area contributed by atoms with Crippen molar-refractivity contribution in [3.63, 3.8) is 0 Å². The Morgan fingerprint density at radius 1 is 1.07 bits per heavy atom. The predicted molar refractivity (Wildman–Crippen MR) is 112 cm³/mol. The van der Waals surface area contributed by atoms with Gasteiger partial charge in [0.25, 0.3) is 5.91 Å². The van der Waals surface area contributed by atoms with Gasteiger partial charge in [0.05, 0.1) is 31.1 Å². The van der Waals surface area contributed by atoms with Crippen LogP contribution in [0.5, 0.6) is 11.5 Å². The van der Waals surface area contributed by atoms with Crippen LogP contribution in [0.2, 0.25) is 0 Å². The van der Waals surface area contributed by atoms with E-state index in [2.05, 4.69) is 5.32 Å². The lowest BCUT2D eigenvalue weighted by Crippen LogP contribution is -2.33. The van der Waals surface area contributed by atoms with Gasteiger partial charge in [0.15, 0.2) is 11.5 Å². The number of nitrogens with one attached hydrogen (secondary N) is 1. The molecule has 30 heavy (non-hydrogen) atoms. The molecule has 1 N–H and O–H groups in total. The molecule has 1 aliphatic heterocycles. The number of amides is 2. The number of sulfonamides is 1. The Morgan fingerprint density at radius 3 is 2.23 bits per heavy atom. The van der Waals surface area contributed by atoms with E-state index < -0.39 is 21.3 Å². The fraction of sp³-hybridized carbons (Fsp3) is 0.333. The number of ether oxygens (including phenoxy) is 2.